The van der Waals surface area contributed by atoms with Gasteiger partial charge in [-0.05, 0) is 62.7 Å². The Hall–Kier alpha value is -4.40. The summed E-state index contributed by atoms with van der Waals surface area (Å²) in [5.74, 6) is -1.42. The van der Waals surface area contributed by atoms with Gasteiger partial charge in [-0.15, -0.1) is 0 Å². The second-order valence-electron chi connectivity index (χ2n) is 8.27. The summed E-state index contributed by atoms with van der Waals surface area (Å²) in [7, 11) is 1.27. The van der Waals surface area contributed by atoms with E-state index >= 15 is 0 Å². The first-order valence-electron chi connectivity index (χ1n) is 10.9. The minimum Gasteiger partial charge on any atom is -0.507 e. The predicted octanol–water partition coefficient (Wildman–Crippen LogP) is 4.18. The number of aromatic nitrogens is 1. The molecule has 0 unspecified atom stereocenters. The fraction of sp³-hybridized carbons (Fsp3) is 0.231. The van der Waals surface area contributed by atoms with Gasteiger partial charge >= 0.3 is 11.9 Å². The first-order chi connectivity index (χ1) is 16.7. The Morgan fingerprint density at radius 3 is 2.23 bits per heavy atom. The van der Waals surface area contributed by atoms with E-state index in [1.165, 1.54) is 30.2 Å². The minimum atomic E-state index is -1.00. The Labute approximate surface area is 201 Å². The second kappa shape index (κ2) is 9.46. The van der Waals surface area contributed by atoms with Crippen molar-refractivity contribution in [2.45, 2.75) is 32.9 Å². The highest BCUT2D eigenvalue weighted by Gasteiger charge is 2.48. The minimum absolute atomic E-state index is 0.0290. The number of nitrogens with zero attached hydrogens (tertiary/aromatic N) is 2. The SMILES string of the molecule is COC(=O)c1ccc([C@H]2/C(=C(\O)c3ccc(OC(C)C)cc3)C(=O)C(=O)N2c2cc(C)on2)cc1. The molecule has 1 aliphatic rings. The van der Waals surface area contributed by atoms with Crippen LogP contribution in [0, 0.1) is 6.92 Å². The topological polar surface area (TPSA) is 119 Å². The molecule has 1 saturated heterocycles. The normalized spacial score (nSPS) is 17.2. The molecular formula is C26H24N2O7. The van der Waals surface area contributed by atoms with Gasteiger partial charge in [0.25, 0.3) is 5.78 Å². The number of methoxy groups -OCH3 is 1. The first-order valence-corrected chi connectivity index (χ1v) is 10.9. The van der Waals surface area contributed by atoms with Crippen molar-refractivity contribution in [3.8, 4) is 5.75 Å². The number of ketones is 1. The third kappa shape index (κ3) is 4.52. The van der Waals surface area contributed by atoms with Crippen LogP contribution in [-0.4, -0.2) is 41.1 Å². The quantitative estimate of drug-likeness (QED) is 0.244. The standard InChI is InChI=1S/C26H24N2O7/c1-14(2)34-19-11-9-17(10-12-19)23(29)21-22(16-5-7-18(8-6-16)26(32)33-4)28(25(31)24(21)30)20-13-15(3)35-27-20/h5-14,22,29H,1-4H3/b23-21+/t22-/m0/s1. The summed E-state index contributed by atoms with van der Waals surface area (Å²) in [5, 5.41) is 15.1. The number of Topliss-reactive ketones (excluding diaryl/α,β-unsaturated/α-hetero) is 1. The van der Waals surface area contributed by atoms with Crippen LogP contribution < -0.4 is 9.64 Å². The maximum absolute atomic E-state index is 13.2. The van der Waals surface area contributed by atoms with Crippen molar-refractivity contribution in [1.29, 1.82) is 0 Å². The number of hydrogen-bond acceptors (Lipinski definition) is 8. The van der Waals surface area contributed by atoms with Crippen molar-refractivity contribution in [2.24, 2.45) is 0 Å². The molecule has 0 saturated carbocycles. The van der Waals surface area contributed by atoms with Gasteiger partial charge in [0.05, 0.1) is 30.4 Å². The molecule has 35 heavy (non-hydrogen) atoms. The Morgan fingerprint density at radius 2 is 1.69 bits per heavy atom. The Balaban J connectivity index is 1.84. The van der Waals surface area contributed by atoms with E-state index in [1.54, 1.807) is 43.3 Å². The highest BCUT2D eigenvalue weighted by Crippen LogP contribution is 2.42. The number of carbonyl (C=O) groups is 3. The summed E-state index contributed by atoms with van der Waals surface area (Å²) in [4.78, 5) is 39.3. The highest BCUT2D eigenvalue weighted by molar-refractivity contribution is 6.51. The number of carbonyl (C=O) groups excluding carboxylic acids is 3. The molecule has 0 aliphatic carbocycles. The van der Waals surface area contributed by atoms with Crippen molar-refractivity contribution < 1.29 is 33.5 Å². The third-order valence-electron chi connectivity index (χ3n) is 5.45. The molecule has 0 spiro atoms. The van der Waals surface area contributed by atoms with Crippen molar-refractivity contribution in [2.75, 3.05) is 12.0 Å². The third-order valence-corrected chi connectivity index (χ3v) is 5.45. The number of aliphatic hydroxyl groups is 1. The second-order valence-corrected chi connectivity index (χ2v) is 8.27. The van der Waals surface area contributed by atoms with E-state index in [2.05, 4.69) is 5.16 Å². The molecule has 3 aromatic rings. The van der Waals surface area contributed by atoms with E-state index in [4.69, 9.17) is 14.0 Å². The van der Waals surface area contributed by atoms with Gasteiger partial charge in [0.2, 0.25) is 0 Å². The van der Waals surface area contributed by atoms with E-state index < -0.39 is 23.7 Å². The average Bonchev–Trinajstić information content (AvgIpc) is 3.38. The molecular weight excluding hydrogens is 452 g/mol. The Kier molecular flexibility index (Phi) is 6.42. The molecule has 2 aromatic carbocycles. The molecule has 0 radical (unpaired) electrons. The fourth-order valence-electron chi connectivity index (χ4n) is 3.89. The molecule has 180 valence electrons. The van der Waals surface area contributed by atoms with Crippen LogP contribution in [-0.2, 0) is 14.3 Å². The lowest BCUT2D eigenvalue weighted by Gasteiger charge is -2.23. The summed E-state index contributed by atoms with van der Waals surface area (Å²) in [5.41, 5.74) is 1.01. The lowest BCUT2D eigenvalue weighted by atomic mass is 9.94. The largest absolute Gasteiger partial charge is 0.507 e. The number of amides is 1. The Bertz CT molecular complexity index is 1300. The molecule has 1 aromatic heterocycles. The Morgan fingerprint density at radius 1 is 1.06 bits per heavy atom. The number of aryl methyl sites for hydroxylation is 1. The van der Waals surface area contributed by atoms with Crippen molar-refractivity contribution in [1.82, 2.24) is 5.16 Å². The van der Waals surface area contributed by atoms with Crippen LogP contribution in [0.4, 0.5) is 5.82 Å². The number of anilines is 1. The monoisotopic (exact) mass is 476 g/mol. The molecule has 9 heteroatoms. The van der Waals surface area contributed by atoms with Crippen LogP contribution in [0.15, 0.2) is 64.7 Å². The smallest absolute Gasteiger partial charge is 0.337 e. The molecule has 1 fully saturated rings. The first kappa shape index (κ1) is 23.7. The van der Waals surface area contributed by atoms with Gasteiger partial charge in [0.15, 0.2) is 5.82 Å². The van der Waals surface area contributed by atoms with Crippen molar-refractivity contribution in [3.05, 3.63) is 82.6 Å². The summed E-state index contributed by atoms with van der Waals surface area (Å²) in [6.07, 6.45) is -0.0290. The molecule has 2 heterocycles. The number of hydrogen-bond donors (Lipinski definition) is 1. The van der Waals surface area contributed by atoms with Crippen LogP contribution >= 0.6 is 0 Å². The number of rotatable bonds is 6. The zero-order valence-corrected chi connectivity index (χ0v) is 19.6. The van der Waals surface area contributed by atoms with Crippen LogP contribution in [0.3, 0.4) is 0 Å². The van der Waals surface area contributed by atoms with E-state index in [1.807, 2.05) is 13.8 Å². The summed E-state index contributed by atoms with van der Waals surface area (Å²) in [6.45, 7) is 5.45. The molecule has 9 nitrogen and oxygen atoms in total. The van der Waals surface area contributed by atoms with Crippen molar-refractivity contribution in [3.63, 3.8) is 0 Å². The van der Waals surface area contributed by atoms with Gasteiger partial charge in [-0.2, -0.15) is 0 Å². The zero-order chi connectivity index (χ0) is 25.3. The van der Waals surface area contributed by atoms with Gasteiger partial charge in [-0.1, -0.05) is 17.3 Å². The maximum atomic E-state index is 13.2. The van der Waals surface area contributed by atoms with Crippen LogP contribution in [0.2, 0.25) is 0 Å². The summed E-state index contributed by atoms with van der Waals surface area (Å²) < 4.78 is 15.5. The van der Waals surface area contributed by atoms with E-state index in [0.717, 1.165) is 0 Å². The molecule has 4 rings (SSSR count). The number of ether oxygens (including phenoxy) is 2. The predicted molar refractivity (Wildman–Crippen MR) is 126 cm³/mol. The fourth-order valence-corrected chi connectivity index (χ4v) is 3.89. The molecule has 1 amide bonds. The summed E-state index contributed by atoms with van der Waals surface area (Å²) in [6, 6.07) is 13.3. The van der Waals surface area contributed by atoms with Gasteiger partial charge in [-0.3, -0.25) is 14.5 Å². The van der Waals surface area contributed by atoms with Crippen LogP contribution in [0.1, 0.15) is 47.1 Å². The van der Waals surface area contributed by atoms with Crippen LogP contribution in [0.5, 0.6) is 5.75 Å². The van der Waals surface area contributed by atoms with Gasteiger partial charge < -0.3 is 19.1 Å². The van der Waals surface area contributed by atoms with E-state index in [-0.39, 0.29) is 23.3 Å². The summed E-state index contributed by atoms with van der Waals surface area (Å²) >= 11 is 0. The number of benzene rings is 2. The molecule has 0 bridgehead atoms. The molecule has 1 N–H and O–H groups in total. The van der Waals surface area contributed by atoms with Crippen molar-refractivity contribution >= 4 is 29.2 Å². The molecule has 1 atom stereocenters. The van der Waals surface area contributed by atoms with Gasteiger partial charge in [0, 0.05) is 11.6 Å². The number of esters is 1. The van der Waals surface area contributed by atoms with E-state index in [9.17, 15) is 19.5 Å². The maximum Gasteiger partial charge on any atom is 0.337 e. The lowest BCUT2D eigenvalue weighted by Crippen LogP contribution is -2.29. The number of aliphatic hydroxyl groups excluding tert-OH is 1. The van der Waals surface area contributed by atoms with Gasteiger partial charge in [-0.25, -0.2) is 4.79 Å². The lowest BCUT2D eigenvalue weighted by molar-refractivity contribution is -0.132. The van der Waals surface area contributed by atoms with Crippen LogP contribution in [0.25, 0.3) is 5.76 Å². The average molecular weight is 476 g/mol. The molecule has 1 aliphatic heterocycles. The van der Waals surface area contributed by atoms with E-state index in [0.29, 0.717) is 28.2 Å². The van der Waals surface area contributed by atoms with Gasteiger partial charge in [0.1, 0.15) is 17.3 Å². The zero-order valence-electron chi connectivity index (χ0n) is 19.6. The highest BCUT2D eigenvalue weighted by atomic mass is 16.5.